The highest BCUT2D eigenvalue weighted by atomic mass is 16.5. The fourth-order valence-corrected chi connectivity index (χ4v) is 3.40. The van der Waals surface area contributed by atoms with Crippen LogP contribution in [0.2, 0.25) is 0 Å². The Bertz CT molecular complexity index is 900. The normalized spacial score (nSPS) is 14.6. The lowest BCUT2D eigenvalue weighted by Crippen LogP contribution is -2.38. The van der Waals surface area contributed by atoms with Crippen molar-refractivity contribution in [3.8, 4) is 28.6 Å². The monoisotopic (exact) mass is 377 g/mol. The summed E-state index contributed by atoms with van der Waals surface area (Å²) >= 11 is 0. The number of nitrogens with one attached hydrogen (secondary N) is 1. The maximum absolute atomic E-state index is 12.0. The van der Waals surface area contributed by atoms with E-state index in [0.29, 0.717) is 23.5 Å². The van der Waals surface area contributed by atoms with E-state index < -0.39 is 0 Å². The molecule has 0 radical (unpaired) electrons. The Kier molecular flexibility index (Phi) is 5.66. The summed E-state index contributed by atoms with van der Waals surface area (Å²) in [5.74, 6) is 1.56. The zero-order valence-electron chi connectivity index (χ0n) is 15.6. The molecule has 28 heavy (non-hydrogen) atoms. The van der Waals surface area contributed by atoms with Crippen LogP contribution in [0.15, 0.2) is 59.1 Å². The van der Waals surface area contributed by atoms with Crippen molar-refractivity contribution in [3.63, 3.8) is 0 Å². The summed E-state index contributed by atoms with van der Waals surface area (Å²) in [6.07, 6.45) is 5.77. The lowest BCUT2D eigenvalue weighted by Gasteiger charge is -2.22. The van der Waals surface area contributed by atoms with Gasteiger partial charge in [0.1, 0.15) is 5.75 Å². The number of ether oxygens (including phenoxy) is 1. The van der Waals surface area contributed by atoms with Gasteiger partial charge in [0.2, 0.25) is 5.82 Å². The summed E-state index contributed by atoms with van der Waals surface area (Å²) in [5.41, 5.74) is 1.70. The Hall–Kier alpha value is -3.15. The second-order valence-corrected chi connectivity index (χ2v) is 7.00. The van der Waals surface area contributed by atoms with Crippen LogP contribution >= 0.6 is 0 Å². The average Bonchev–Trinajstić information content (AvgIpc) is 3.24. The molecule has 0 bridgehead atoms. The fourth-order valence-electron chi connectivity index (χ4n) is 3.40. The van der Waals surface area contributed by atoms with E-state index in [9.17, 15) is 4.79 Å². The lowest BCUT2D eigenvalue weighted by molar-refractivity contribution is -0.124. The molecule has 0 unspecified atom stereocenters. The van der Waals surface area contributed by atoms with Crippen molar-refractivity contribution in [3.05, 3.63) is 54.6 Å². The molecule has 144 valence electrons. The molecular formula is C22H23N3O3. The van der Waals surface area contributed by atoms with Gasteiger partial charge in [-0.3, -0.25) is 4.79 Å². The predicted molar refractivity (Wildman–Crippen MR) is 106 cm³/mol. The average molecular weight is 377 g/mol. The van der Waals surface area contributed by atoms with Crippen LogP contribution in [0.1, 0.15) is 32.1 Å². The van der Waals surface area contributed by atoms with Crippen LogP contribution < -0.4 is 10.1 Å². The van der Waals surface area contributed by atoms with Crippen LogP contribution in [0, 0.1) is 0 Å². The summed E-state index contributed by atoms with van der Waals surface area (Å²) in [5, 5.41) is 7.08. The van der Waals surface area contributed by atoms with Crippen LogP contribution in [-0.4, -0.2) is 28.7 Å². The molecule has 1 aromatic heterocycles. The highest BCUT2D eigenvalue weighted by Gasteiger charge is 2.16. The van der Waals surface area contributed by atoms with Gasteiger partial charge in [0, 0.05) is 17.2 Å². The predicted octanol–water partition coefficient (Wildman–Crippen LogP) is 4.23. The topological polar surface area (TPSA) is 77.2 Å². The van der Waals surface area contributed by atoms with Crippen LogP contribution in [0.3, 0.4) is 0 Å². The standard InChI is InChI=1S/C22H23N3O3/c26-20(23-18-9-5-2-6-10-18)15-27-19-13-11-17(12-14-19)22-24-21(25-28-22)16-7-3-1-4-8-16/h1,3-4,7-8,11-14,18H,2,5-6,9-10,15H2,(H,23,26). The van der Waals surface area contributed by atoms with E-state index in [1.807, 2.05) is 42.5 Å². The van der Waals surface area contributed by atoms with E-state index in [1.165, 1.54) is 19.3 Å². The Morgan fingerprint density at radius 3 is 2.50 bits per heavy atom. The minimum atomic E-state index is -0.0691. The zero-order chi connectivity index (χ0) is 19.2. The van der Waals surface area contributed by atoms with Gasteiger partial charge in [-0.25, -0.2) is 0 Å². The van der Waals surface area contributed by atoms with Gasteiger partial charge in [-0.05, 0) is 37.1 Å². The first-order chi connectivity index (χ1) is 13.8. The Balaban J connectivity index is 1.32. The summed E-state index contributed by atoms with van der Waals surface area (Å²) < 4.78 is 11.0. The van der Waals surface area contributed by atoms with Gasteiger partial charge in [-0.15, -0.1) is 0 Å². The molecule has 1 amide bonds. The molecule has 2 aromatic carbocycles. The summed E-state index contributed by atoms with van der Waals surface area (Å²) in [4.78, 5) is 16.5. The number of amides is 1. The van der Waals surface area contributed by atoms with E-state index in [4.69, 9.17) is 9.26 Å². The van der Waals surface area contributed by atoms with E-state index in [1.54, 1.807) is 12.1 Å². The lowest BCUT2D eigenvalue weighted by atomic mass is 9.95. The van der Waals surface area contributed by atoms with Gasteiger partial charge in [0.05, 0.1) is 0 Å². The van der Waals surface area contributed by atoms with E-state index in [2.05, 4.69) is 15.5 Å². The second-order valence-electron chi connectivity index (χ2n) is 7.00. The number of rotatable bonds is 6. The summed E-state index contributed by atoms with van der Waals surface area (Å²) in [7, 11) is 0. The molecule has 0 aliphatic heterocycles. The van der Waals surface area contributed by atoms with Gasteiger partial charge in [0.25, 0.3) is 11.8 Å². The number of nitrogens with zero attached hydrogens (tertiary/aromatic N) is 2. The molecule has 1 heterocycles. The van der Waals surface area contributed by atoms with Crippen LogP contribution in [0.5, 0.6) is 5.75 Å². The number of hydrogen-bond acceptors (Lipinski definition) is 5. The molecule has 1 N–H and O–H groups in total. The maximum Gasteiger partial charge on any atom is 0.258 e. The molecular weight excluding hydrogens is 354 g/mol. The van der Waals surface area contributed by atoms with Gasteiger partial charge in [-0.1, -0.05) is 54.8 Å². The maximum atomic E-state index is 12.0. The minimum absolute atomic E-state index is 0.0224. The zero-order valence-corrected chi connectivity index (χ0v) is 15.6. The van der Waals surface area contributed by atoms with Gasteiger partial charge in [0.15, 0.2) is 6.61 Å². The number of carbonyl (C=O) groups excluding carboxylic acids is 1. The number of aromatic nitrogens is 2. The number of carbonyl (C=O) groups is 1. The first-order valence-electron chi connectivity index (χ1n) is 9.70. The van der Waals surface area contributed by atoms with Gasteiger partial charge in [-0.2, -0.15) is 4.98 Å². The largest absolute Gasteiger partial charge is 0.484 e. The molecule has 4 rings (SSSR count). The smallest absolute Gasteiger partial charge is 0.258 e. The van der Waals surface area contributed by atoms with Crippen molar-refractivity contribution in [2.75, 3.05) is 6.61 Å². The van der Waals surface area contributed by atoms with Crippen molar-refractivity contribution >= 4 is 5.91 Å². The fraction of sp³-hybridized carbons (Fsp3) is 0.318. The third-order valence-corrected chi connectivity index (χ3v) is 4.90. The minimum Gasteiger partial charge on any atom is -0.484 e. The Morgan fingerprint density at radius 1 is 1.00 bits per heavy atom. The third-order valence-electron chi connectivity index (χ3n) is 4.90. The van der Waals surface area contributed by atoms with Crippen LogP contribution in [-0.2, 0) is 4.79 Å². The molecule has 0 atom stereocenters. The molecule has 0 saturated heterocycles. The first kappa shape index (κ1) is 18.2. The van der Waals surface area contributed by atoms with E-state index in [0.717, 1.165) is 24.0 Å². The summed E-state index contributed by atoms with van der Waals surface area (Å²) in [6, 6.07) is 17.3. The quantitative estimate of drug-likeness (QED) is 0.695. The third kappa shape index (κ3) is 4.57. The molecule has 6 heteroatoms. The molecule has 3 aromatic rings. The van der Waals surface area contributed by atoms with Crippen molar-refractivity contribution in [1.82, 2.24) is 15.5 Å². The second kappa shape index (κ2) is 8.69. The van der Waals surface area contributed by atoms with Crippen molar-refractivity contribution in [2.24, 2.45) is 0 Å². The molecule has 1 saturated carbocycles. The first-order valence-corrected chi connectivity index (χ1v) is 9.70. The summed E-state index contributed by atoms with van der Waals surface area (Å²) in [6.45, 7) is 0.0224. The molecule has 1 aliphatic carbocycles. The van der Waals surface area contributed by atoms with Crippen molar-refractivity contribution in [1.29, 1.82) is 0 Å². The highest BCUT2D eigenvalue weighted by Crippen LogP contribution is 2.24. The van der Waals surface area contributed by atoms with Crippen molar-refractivity contribution in [2.45, 2.75) is 38.1 Å². The van der Waals surface area contributed by atoms with Crippen molar-refractivity contribution < 1.29 is 14.1 Å². The molecule has 1 fully saturated rings. The van der Waals surface area contributed by atoms with Gasteiger partial charge < -0.3 is 14.6 Å². The SMILES string of the molecule is O=C(COc1ccc(-c2nc(-c3ccccc3)no2)cc1)NC1CCCCC1. The van der Waals surface area contributed by atoms with E-state index in [-0.39, 0.29) is 12.5 Å². The van der Waals surface area contributed by atoms with Crippen LogP contribution in [0.4, 0.5) is 0 Å². The molecule has 0 spiro atoms. The van der Waals surface area contributed by atoms with Gasteiger partial charge >= 0.3 is 0 Å². The highest BCUT2D eigenvalue weighted by molar-refractivity contribution is 5.77. The Morgan fingerprint density at radius 2 is 1.75 bits per heavy atom. The molecule has 1 aliphatic rings. The molecule has 6 nitrogen and oxygen atoms in total. The Labute approximate surface area is 163 Å². The van der Waals surface area contributed by atoms with Crippen LogP contribution in [0.25, 0.3) is 22.8 Å². The number of benzene rings is 2. The number of hydrogen-bond donors (Lipinski definition) is 1. The van der Waals surface area contributed by atoms with E-state index >= 15 is 0 Å².